The van der Waals surface area contributed by atoms with Crippen molar-refractivity contribution in [2.75, 3.05) is 13.1 Å². The van der Waals surface area contributed by atoms with Crippen molar-refractivity contribution < 1.29 is 0 Å². The Balaban J connectivity index is 2.21. The lowest BCUT2D eigenvalue weighted by Crippen LogP contribution is -2.57. The second-order valence-corrected chi connectivity index (χ2v) is 6.48. The number of piperazine rings is 1. The molecule has 0 saturated carbocycles. The van der Waals surface area contributed by atoms with Gasteiger partial charge in [-0.25, -0.2) is 0 Å². The summed E-state index contributed by atoms with van der Waals surface area (Å²) in [6.45, 7) is 11.3. The summed E-state index contributed by atoms with van der Waals surface area (Å²) in [6, 6.07) is 9.82. The molecule has 19 heavy (non-hydrogen) atoms. The number of halogens is 1. The van der Waals surface area contributed by atoms with E-state index in [0.717, 1.165) is 18.1 Å². The summed E-state index contributed by atoms with van der Waals surface area (Å²) >= 11 is 6.12. The van der Waals surface area contributed by atoms with Gasteiger partial charge in [0.25, 0.3) is 0 Å². The Hall–Kier alpha value is -0.570. The van der Waals surface area contributed by atoms with Crippen LogP contribution in [0.15, 0.2) is 24.3 Å². The second kappa shape index (κ2) is 6.25. The highest BCUT2D eigenvalue weighted by Crippen LogP contribution is 2.28. The van der Waals surface area contributed by atoms with Crippen molar-refractivity contribution in [1.82, 2.24) is 10.2 Å². The van der Waals surface area contributed by atoms with E-state index in [4.69, 9.17) is 11.6 Å². The molecule has 3 unspecified atom stereocenters. The summed E-state index contributed by atoms with van der Waals surface area (Å²) in [4.78, 5) is 2.62. The Labute approximate surface area is 122 Å². The number of rotatable bonds is 3. The van der Waals surface area contributed by atoms with E-state index in [1.165, 1.54) is 5.56 Å². The molecule has 2 nitrogen and oxygen atoms in total. The maximum absolute atomic E-state index is 6.12. The first kappa shape index (κ1) is 14.8. The van der Waals surface area contributed by atoms with E-state index in [9.17, 15) is 0 Å². The molecule has 0 aromatic heterocycles. The zero-order chi connectivity index (χ0) is 14.0. The lowest BCUT2D eigenvalue weighted by Gasteiger charge is -2.45. The van der Waals surface area contributed by atoms with Crippen LogP contribution < -0.4 is 5.32 Å². The fourth-order valence-corrected chi connectivity index (χ4v) is 3.18. The predicted molar refractivity (Wildman–Crippen MR) is 82.7 cm³/mol. The van der Waals surface area contributed by atoms with Crippen molar-refractivity contribution in [1.29, 1.82) is 0 Å². The molecule has 1 aromatic rings. The minimum absolute atomic E-state index is 0.413. The van der Waals surface area contributed by atoms with Crippen molar-refractivity contribution in [2.24, 2.45) is 5.92 Å². The molecule has 1 aromatic carbocycles. The summed E-state index contributed by atoms with van der Waals surface area (Å²) in [6.07, 6.45) is 0. The fraction of sp³-hybridized carbons (Fsp3) is 0.625. The fourth-order valence-electron chi connectivity index (χ4n) is 2.98. The van der Waals surface area contributed by atoms with Gasteiger partial charge in [0.2, 0.25) is 0 Å². The molecule has 1 saturated heterocycles. The number of hydrogen-bond donors (Lipinski definition) is 1. The first-order chi connectivity index (χ1) is 8.99. The molecule has 1 fully saturated rings. The molecule has 106 valence electrons. The molecular formula is C16H25ClN2. The Morgan fingerprint density at radius 1 is 1.32 bits per heavy atom. The molecule has 1 N–H and O–H groups in total. The van der Waals surface area contributed by atoms with Gasteiger partial charge >= 0.3 is 0 Å². The van der Waals surface area contributed by atoms with E-state index in [1.54, 1.807) is 0 Å². The predicted octanol–water partition coefficient (Wildman–Crippen LogP) is 3.72. The Kier molecular flexibility index (Phi) is 4.88. The van der Waals surface area contributed by atoms with Crippen LogP contribution >= 0.6 is 11.6 Å². The molecule has 1 heterocycles. The third kappa shape index (κ3) is 3.50. The van der Waals surface area contributed by atoms with Gasteiger partial charge in [-0.3, -0.25) is 4.90 Å². The Morgan fingerprint density at radius 3 is 2.68 bits per heavy atom. The monoisotopic (exact) mass is 280 g/mol. The standard InChI is InChI=1S/C16H25ClN2/c1-11(2)16-9-18-12(3)10-19(16)13(4)14-6-5-7-15(17)8-14/h5-8,11-13,16,18H,9-10H2,1-4H3. The van der Waals surface area contributed by atoms with Gasteiger partial charge in [-0.05, 0) is 37.5 Å². The van der Waals surface area contributed by atoms with Gasteiger partial charge in [-0.2, -0.15) is 0 Å². The molecule has 0 radical (unpaired) electrons. The van der Waals surface area contributed by atoms with Crippen LogP contribution in [0.2, 0.25) is 5.02 Å². The van der Waals surface area contributed by atoms with Crippen LogP contribution in [-0.2, 0) is 0 Å². The van der Waals surface area contributed by atoms with Gasteiger partial charge in [0.05, 0.1) is 0 Å². The molecule has 1 aliphatic rings. The lowest BCUT2D eigenvalue weighted by molar-refractivity contribution is 0.0657. The number of nitrogens with one attached hydrogen (secondary N) is 1. The highest BCUT2D eigenvalue weighted by atomic mass is 35.5. The second-order valence-electron chi connectivity index (χ2n) is 6.05. The van der Waals surface area contributed by atoms with Gasteiger partial charge in [0.15, 0.2) is 0 Å². The molecular weight excluding hydrogens is 256 g/mol. The first-order valence-corrected chi connectivity index (χ1v) is 7.61. The summed E-state index contributed by atoms with van der Waals surface area (Å²) in [7, 11) is 0. The van der Waals surface area contributed by atoms with Crippen LogP contribution in [0.25, 0.3) is 0 Å². The SMILES string of the molecule is CC1CN(C(C)c2cccc(Cl)c2)C(C(C)C)CN1. The highest BCUT2D eigenvalue weighted by molar-refractivity contribution is 6.30. The van der Waals surface area contributed by atoms with E-state index in [1.807, 2.05) is 12.1 Å². The van der Waals surface area contributed by atoms with Crippen LogP contribution in [0.5, 0.6) is 0 Å². The smallest absolute Gasteiger partial charge is 0.0409 e. The summed E-state index contributed by atoms with van der Waals surface area (Å²) < 4.78 is 0. The van der Waals surface area contributed by atoms with Crippen molar-refractivity contribution in [3.8, 4) is 0 Å². The van der Waals surface area contributed by atoms with Crippen molar-refractivity contribution in [2.45, 2.75) is 45.8 Å². The molecule has 2 rings (SSSR count). The molecule has 0 spiro atoms. The van der Waals surface area contributed by atoms with Crippen molar-refractivity contribution >= 4 is 11.6 Å². The molecule has 1 aliphatic heterocycles. The van der Waals surface area contributed by atoms with Crippen LogP contribution in [-0.4, -0.2) is 30.1 Å². The molecule has 0 bridgehead atoms. The molecule has 0 amide bonds. The number of nitrogens with zero attached hydrogens (tertiary/aromatic N) is 1. The average molecular weight is 281 g/mol. The van der Waals surface area contributed by atoms with E-state index < -0.39 is 0 Å². The summed E-state index contributed by atoms with van der Waals surface area (Å²) in [5.41, 5.74) is 1.31. The quantitative estimate of drug-likeness (QED) is 0.908. The normalized spacial score (nSPS) is 26.6. The zero-order valence-corrected chi connectivity index (χ0v) is 13.1. The largest absolute Gasteiger partial charge is 0.311 e. The topological polar surface area (TPSA) is 15.3 Å². The molecule has 3 heteroatoms. The number of hydrogen-bond acceptors (Lipinski definition) is 2. The maximum Gasteiger partial charge on any atom is 0.0409 e. The van der Waals surface area contributed by atoms with Gasteiger partial charge < -0.3 is 5.32 Å². The molecule has 3 atom stereocenters. The van der Waals surface area contributed by atoms with E-state index >= 15 is 0 Å². The Morgan fingerprint density at radius 2 is 2.05 bits per heavy atom. The van der Waals surface area contributed by atoms with Crippen LogP contribution in [0.4, 0.5) is 0 Å². The zero-order valence-electron chi connectivity index (χ0n) is 12.4. The highest BCUT2D eigenvalue weighted by Gasteiger charge is 2.31. The van der Waals surface area contributed by atoms with Crippen LogP contribution in [0.3, 0.4) is 0 Å². The van der Waals surface area contributed by atoms with Crippen LogP contribution in [0.1, 0.15) is 39.3 Å². The number of benzene rings is 1. The average Bonchev–Trinajstić information content (AvgIpc) is 2.37. The van der Waals surface area contributed by atoms with Gasteiger partial charge in [0, 0.05) is 36.2 Å². The summed E-state index contributed by atoms with van der Waals surface area (Å²) in [5, 5.41) is 4.42. The minimum atomic E-state index is 0.413. The van der Waals surface area contributed by atoms with E-state index in [-0.39, 0.29) is 0 Å². The van der Waals surface area contributed by atoms with Crippen molar-refractivity contribution in [3.63, 3.8) is 0 Å². The van der Waals surface area contributed by atoms with Crippen molar-refractivity contribution in [3.05, 3.63) is 34.9 Å². The van der Waals surface area contributed by atoms with Gasteiger partial charge in [0.1, 0.15) is 0 Å². The first-order valence-electron chi connectivity index (χ1n) is 7.23. The lowest BCUT2D eigenvalue weighted by atomic mass is 9.95. The molecule has 0 aliphatic carbocycles. The van der Waals surface area contributed by atoms with E-state index in [0.29, 0.717) is 24.0 Å². The van der Waals surface area contributed by atoms with Gasteiger partial charge in [-0.1, -0.05) is 37.6 Å². The maximum atomic E-state index is 6.12. The van der Waals surface area contributed by atoms with Gasteiger partial charge in [-0.15, -0.1) is 0 Å². The minimum Gasteiger partial charge on any atom is -0.311 e. The Bertz CT molecular complexity index is 419. The third-order valence-corrected chi connectivity index (χ3v) is 4.42. The van der Waals surface area contributed by atoms with E-state index in [2.05, 4.69) is 50.0 Å². The van der Waals surface area contributed by atoms with Crippen LogP contribution in [0, 0.1) is 5.92 Å². The summed E-state index contributed by atoms with van der Waals surface area (Å²) in [5.74, 6) is 0.654. The third-order valence-electron chi connectivity index (χ3n) is 4.18.